The monoisotopic (exact) mass is 380 g/mol. The Labute approximate surface area is 162 Å². The first-order chi connectivity index (χ1) is 13.0. The molecule has 3 aromatic rings. The summed E-state index contributed by atoms with van der Waals surface area (Å²) in [4.78, 5) is 28.7. The van der Waals surface area contributed by atoms with E-state index in [1.807, 2.05) is 37.4 Å². The predicted molar refractivity (Wildman–Crippen MR) is 107 cm³/mol. The lowest BCUT2D eigenvalue weighted by Gasteiger charge is -2.09. The van der Waals surface area contributed by atoms with Crippen LogP contribution in [0.2, 0.25) is 0 Å². The van der Waals surface area contributed by atoms with Gasteiger partial charge < -0.3 is 10.1 Å². The van der Waals surface area contributed by atoms with Crippen LogP contribution in [0.25, 0.3) is 10.6 Å². The number of aromatic nitrogens is 1. The van der Waals surface area contributed by atoms with Crippen LogP contribution in [0.3, 0.4) is 0 Å². The molecule has 0 spiro atoms. The second kappa shape index (κ2) is 8.14. The van der Waals surface area contributed by atoms with Crippen LogP contribution in [0.15, 0.2) is 47.8 Å². The van der Waals surface area contributed by atoms with Crippen LogP contribution in [0.5, 0.6) is 0 Å². The van der Waals surface area contributed by atoms with Crippen molar-refractivity contribution < 1.29 is 14.3 Å². The zero-order chi connectivity index (χ0) is 19.4. The van der Waals surface area contributed by atoms with Gasteiger partial charge in [0.2, 0.25) is 5.91 Å². The van der Waals surface area contributed by atoms with E-state index in [0.29, 0.717) is 11.3 Å². The first-order valence-electron chi connectivity index (χ1n) is 8.46. The first-order valence-corrected chi connectivity index (χ1v) is 9.34. The molecule has 0 atom stereocenters. The van der Waals surface area contributed by atoms with E-state index in [9.17, 15) is 9.59 Å². The minimum Gasteiger partial charge on any atom is -0.465 e. The van der Waals surface area contributed by atoms with Gasteiger partial charge >= 0.3 is 5.97 Å². The third kappa shape index (κ3) is 4.60. The lowest BCUT2D eigenvalue weighted by atomic mass is 10.1. The zero-order valence-electron chi connectivity index (χ0n) is 15.4. The molecule has 138 valence electrons. The molecule has 0 bridgehead atoms. The SMILES string of the molecule is COC(=O)c1ccc(C)c(NC(=O)Cc2csc(-c3cccc(C)c3)n2)c1. The first kappa shape index (κ1) is 18.8. The van der Waals surface area contributed by atoms with E-state index in [1.54, 1.807) is 18.2 Å². The van der Waals surface area contributed by atoms with Crippen LogP contribution in [0.4, 0.5) is 5.69 Å². The van der Waals surface area contributed by atoms with Crippen molar-refractivity contribution in [3.63, 3.8) is 0 Å². The number of thiazole rings is 1. The van der Waals surface area contributed by atoms with Crippen LogP contribution >= 0.6 is 11.3 Å². The van der Waals surface area contributed by atoms with Gasteiger partial charge in [-0.3, -0.25) is 4.79 Å². The van der Waals surface area contributed by atoms with E-state index in [0.717, 1.165) is 21.8 Å². The smallest absolute Gasteiger partial charge is 0.337 e. The Kier molecular flexibility index (Phi) is 5.66. The van der Waals surface area contributed by atoms with Crippen molar-refractivity contribution in [2.45, 2.75) is 20.3 Å². The normalized spacial score (nSPS) is 10.5. The molecular formula is C21H20N2O3S. The highest BCUT2D eigenvalue weighted by Crippen LogP contribution is 2.25. The number of hydrogen-bond acceptors (Lipinski definition) is 5. The maximum Gasteiger partial charge on any atom is 0.337 e. The van der Waals surface area contributed by atoms with Gasteiger partial charge in [-0.05, 0) is 37.6 Å². The minimum atomic E-state index is -0.437. The van der Waals surface area contributed by atoms with Crippen molar-refractivity contribution in [1.29, 1.82) is 0 Å². The Morgan fingerprint density at radius 2 is 1.96 bits per heavy atom. The molecule has 0 radical (unpaired) electrons. The number of anilines is 1. The maximum absolute atomic E-state index is 12.4. The van der Waals surface area contributed by atoms with Crippen LogP contribution in [-0.4, -0.2) is 24.0 Å². The molecular weight excluding hydrogens is 360 g/mol. The fraction of sp³-hybridized carbons (Fsp3) is 0.190. The standard InChI is InChI=1S/C21H20N2O3S/c1-13-5-4-6-15(9-13)20-22-17(12-27-20)11-19(24)23-18-10-16(21(25)26-3)8-7-14(18)2/h4-10,12H,11H2,1-3H3,(H,23,24). The summed E-state index contributed by atoms with van der Waals surface area (Å²) < 4.78 is 4.72. The Morgan fingerprint density at radius 1 is 1.15 bits per heavy atom. The lowest BCUT2D eigenvalue weighted by Crippen LogP contribution is -2.16. The number of rotatable bonds is 5. The highest BCUT2D eigenvalue weighted by molar-refractivity contribution is 7.13. The van der Waals surface area contributed by atoms with Crippen molar-refractivity contribution in [2.24, 2.45) is 0 Å². The number of aryl methyl sites for hydroxylation is 2. The average molecular weight is 380 g/mol. The van der Waals surface area contributed by atoms with E-state index < -0.39 is 5.97 Å². The van der Waals surface area contributed by atoms with E-state index in [1.165, 1.54) is 24.0 Å². The minimum absolute atomic E-state index is 0.171. The number of hydrogen-bond donors (Lipinski definition) is 1. The quantitative estimate of drug-likeness (QED) is 0.667. The molecule has 1 aromatic heterocycles. The molecule has 0 aliphatic heterocycles. The maximum atomic E-state index is 12.4. The third-order valence-corrected chi connectivity index (χ3v) is 5.03. The summed E-state index contributed by atoms with van der Waals surface area (Å²) in [5.74, 6) is -0.617. The average Bonchev–Trinajstić information content (AvgIpc) is 3.11. The molecule has 0 aliphatic rings. The molecule has 2 aromatic carbocycles. The molecule has 1 N–H and O–H groups in total. The summed E-state index contributed by atoms with van der Waals surface area (Å²) in [5.41, 5.74) is 4.80. The molecule has 0 unspecified atom stereocenters. The molecule has 0 aliphatic carbocycles. The van der Waals surface area contributed by atoms with Gasteiger partial charge in [0, 0.05) is 16.6 Å². The van der Waals surface area contributed by atoms with Gasteiger partial charge in [0.25, 0.3) is 0 Å². The van der Waals surface area contributed by atoms with Crippen molar-refractivity contribution in [3.05, 3.63) is 70.2 Å². The predicted octanol–water partition coefficient (Wildman–Crippen LogP) is 4.39. The van der Waals surface area contributed by atoms with Crippen LogP contribution in [-0.2, 0) is 16.0 Å². The van der Waals surface area contributed by atoms with Gasteiger partial charge in [0.05, 0.1) is 24.8 Å². The molecule has 0 fully saturated rings. The topological polar surface area (TPSA) is 68.3 Å². The number of benzene rings is 2. The molecule has 3 rings (SSSR count). The van der Waals surface area contributed by atoms with Gasteiger partial charge in [-0.25, -0.2) is 9.78 Å². The number of nitrogens with zero attached hydrogens (tertiary/aromatic N) is 1. The molecule has 1 heterocycles. The number of carbonyl (C=O) groups excluding carboxylic acids is 2. The lowest BCUT2D eigenvalue weighted by molar-refractivity contribution is -0.115. The number of nitrogens with one attached hydrogen (secondary N) is 1. The summed E-state index contributed by atoms with van der Waals surface area (Å²) >= 11 is 1.52. The summed E-state index contributed by atoms with van der Waals surface area (Å²) in [5, 5.41) is 5.65. The fourth-order valence-corrected chi connectivity index (χ4v) is 3.48. The zero-order valence-corrected chi connectivity index (χ0v) is 16.2. The second-order valence-corrected chi connectivity index (χ2v) is 7.12. The Hall–Kier alpha value is -2.99. The number of ether oxygens (including phenoxy) is 1. The molecule has 27 heavy (non-hydrogen) atoms. The van der Waals surface area contributed by atoms with E-state index in [-0.39, 0.29) is 12.3 Å². The molecule has 6 heteroatoms. The molecule has 0 saturated carbocycles. The summed E-state index contributed by atoms with van der Waals surface area (Å²) in [6.45, 7) is 3.91. The second-order valence-electron chi connectivity index (χ2n) is 6.26. The largest absolute Gasteiger partial charge is 0.465 e. The van der Waals surface area contributed by atoms with Crippen LogP contribution in [0, 0.1) is 13.8 Å². The summed E-state index contributed by atoms with van der Waals surface area (Å²) in [7, 11) is 1.33. The molecule has 1 amide bonds. The fourth-order valence-electron chi connectivity index (χ4n) is 2.66. The Morgan fingerprint density at radius 3 is 2.70 bits per heavy atom. The summed E-state index contributed by atoms with van der Waals surface area (Å²) in [6.07, 6.45) is 0.171. The Balaban J connectivity index is 1.71. The molecule has 5 nitrogen and oxygen atoms in total. The van der Waals surface area contributed by atoms with Crippen molar-refractivity contribution in [2.75, 3.05) is 12.4 Å². The van der Waals surface area contributed by atoms with E-state index in [4.69, 9.17) is 4.74 Å². The van der Waals surface area contributed by atoms with Crippen molar-refractivity contribution >= 4 is 28.9 Å². The van der Waals surface area contributed by atoms with Crippen LogP contribution < -0.4 is 5.32 Å². The number of carbonyl (C=O) groups is 2. The van der Waals surface area contributed by atoms with E-state index in [2.05, 4.69) is 16.4 Å². The van der Waals surface area contributed by atoms with Gasteiger partial charge in [-0.1, -0.05) is 29.8 Å². The van der Waals surface area contributed by atoms with Gasteiger partial charge in [0.1, 0.15) is 5.01 Å². The van der Waals surface area contributed by atoms with Gasteiger partial charge in [-0.2, -0.15) is 0 Å². The van der Waals surface area contributed by atoms with Crippen LogP contribution in [0.1, 0.15) is 27.2 Å². The van der Waals surface area contributed by atoms with E-state index >= 15 is 0 Å². The number of methoxy groups -OCH3 is 1. The number of esters is 1. The van der Waals surface area contributed by atoms with Gasteiger partial charge in [-0.15, -0.1) is 11.3 Å². The third-order valence-electron chi connectivity index (χ3n) is 4.09. The summed E-state index contributed by atoms with van der Waals surface area (Å²) in [6, 6.07) is 13.2. The number of amides is 1. The Bertz CT molecular complexity index is 995. The van der Waals surface area contributed by atoms with Gasteiger partial charge in [0.15, 0.2) is 0 Å². The van der Waals surface area contributed by atoms with Crippen molar-refractivity contribution in [1.82, 2.24) is 4.98 Å². The molecule has 0 saturated heterocycles. The highest BCUT2D eigenvalue weighted by Gasteiger charge is 2.13. The van der Waals surface area contributed by atoms with Crippen molar-refractivity contribution in [3.8, 4) is 10.6 Å². The highest BCUT2D eigenvalue weighted by atomic mass is 32.1.